The van der Waals surface area contributed by atoms with Gasteiger partial charge in [0, 0.05) is 17.8 Å². The van der Waals surface area contributed by atoms with Crippen LogP contribution >= 0.6 is 35.3 Å². The van der Waals surface area contributed by atoms with Gasteiger partial charge in [0.15, 0.2) is 0 Å². The average molecular weight is 375 g/mol. The smallest absolute Gasteiger partial charge is 0.224 e. The molecule has 124 valence electrons. The molecular weight excluding hydrogens is 358 g/mol. The van der Waals surface area contributed by atoms with Gasteiger partial charge >= 0.3 is 0 Å². The fourth-order valence-corrected chi connectivity index (χ4v) is 3.65. The van der Waals surface area contributed by atoms with Gasteiger partial charge in [-0.15, -0.1) is 23.7 Å². The number of halogens is 3. The Balaban J connectivity index is 0.00000192. The summed E-state index contributed by atoms with van der Waals surface area (Å²) in [7, 11) is 0. The van der Waals surface area contributed by atoms with Crippen LogP contribution in [-0.2, 0) is 24.2 Å². The van der Waals surface area contributed by atoms with E-state index in [4.69, 9.17) is 11.6 Å². The highest BCUT2D eigenvalue weighted by Crippen LogP contribution is 2.25. The van der Waals surface area contributed by atoms with E-state index in [0.717, 1.165) is 17.0 Å². The van der Waals surface area contributed by atoms with E-state index >= 15 is 0 Å². The minimum Gasteiger partial charge on any atom is -0.324 e. The number of rotatable bonds is 4. The van der Waals surface area contributed by atoms with Crippen LogP contribution in [0.1, 0.15) is 22.4 Å². The average Bonchev–Trinajstić information content (AvgIpc) is 2.94. The van der Waals surface area contributed by atoms with Gasteiger partial charge in [-0.2, -0.15) is 0 Å². The molecule has 2 N–H and O–H groups in total. The maximum Gasteiger partial charge on any atom is 0.224 e. The minimum absolute atomic E-state index is 0. The Morgan fingerprint density at radius 2 is 2.17 bits per heavy atom. The van der Waals surface area contributed by atoms with Gasteiger partial charge in [-0.25, -0.2) is 4.39 Å². The van der Waals surface area contributed by atoms with Gasteiger partial charge in [-0.1, -0.05) is 17.7 Å². The van der Waals surface area contributed by atoms with Crippen molar-refractivity contribution in [3.8, 4) is 0 Å². The fraction of sp³-hybridized carbons (Fsp3) is 0.312. The summed E-state index contributed by atoms with van der Waals surface area (Å²) in [5.41, 5.74) is 1.95. The predicted octanol–water partition coefficient (Wildman–Crippen LogP) is 4.18. The van der Waals surface area contributed by atoms with E-state index in [1.165, 1.54) is 11.3 Å². The Kier molecular flexibility index (Phi) is 6.41. The molecule has 1 aromatic heterocycles. The summed E-state index contributed by atoms with van der Waals surface area (Å²) in [5, 5.41) is 5.88. The molecule has 1 aromatic carbocycles. The summed E-state index contributed by atoms with van der Waals surface area (Å²) < 4.78 is 15.1. The number of aryl methyl sites for hydroxylation is 1. The van der Waals surface area contributed by atoms with Gasteiger partial charge in [0.2, 0.25) is 5.91 Å². The third-order valence-electron chi connectivity index (χ3n) is 3.71. The molecule has 7 heteroatoms. The van der Waals surface area contributed by atoms with E-state index in [0.29, 0.717) is 35.7 Å². The molecule has 0 saturated carbocycles. The van der Waals surface area contributed by atoms with Gasteiger partial charge in [0.25, 0.3) is 0 Å². The van der Waals surface area contributed by atoms with Crippen molar-refractivity contribution in [3.05, 3.63) is 50.4 Å². The van der Waals surface area contributed by atoms with Crippen molar-refractivity contribution in [3.63, 3.8) is 0 Å². The molecule has 23 heavy (non-hydrogen) atoms. The van der Waals surface area contributed by atoms with Crippen LogP contribution in [0.25, 0.3) is 0 Å². The molecule has 0 fully saturated rings. The summed E-state index contributed by atoms with van der Waals surface area (Å²) in [6, 6.07) is 7.24. The van der Waals surface area contributed by atoms with E-state index in [-0.39, 0.29) is 29.8 Å². The molecule has 1 aliphatic rings. The van der Waals surface area contributed by atoms with E-state index in [9.17, 15) is 9.18 Å². The first kappa shape index (κ1) is 18.2. The second kappa shape index (κ2) is 8.11. The van der Waals surface area contributed by atoms with Crippen molar-refractivity contribution in [2.24, 2.45) is 0 Å². The molecule has 0 unspecified atom stereocenters. The van der Waals surface area contributed by atoms with Crippen LogP contribution in [0.2, 0.25) is 4.34 Å². The van der Waals surface area contributed by atoms with Crippen molar-refractivity contribution in [2.45, 2.75) is 25.8 Å². The highest BCUT2D eigenvalue weighted by molar-refractivity contribution is 7.16. The zero-order valence-corrected chi connectivity index (χ0v) is 14.7. The van der Waals surface area contributed by atoms with Gasteiger partial charge in [-0.3, -0.25) is 4.79 Å². The number of nitrogens with one attached hydrogen (secondary N) is 2. The van der Waals surface area contributed by atoms with E-state index < -0.39 is 0 Å². The maximum absolute atomic E-state index is 14.4. The molecule has 1 aliphatic heterocycles. The standard InChI is InChI=1S/C16H16ClFN2OS.ClH/c17-14-5-2-11(22-14)3-6-15(21)20-13-4-1-10-9-19-8-7-12(10)16(13)18;/h1-2,4-5,19H,3,6-9H2,(H,20,21);1H. The van der Waals surface area contributed by atoms with Crippen LogP contribution in [0.4, 0.5) is 10.1 Å². The van der Waals surface area contributed by atoms with Gasteiger partial charge in [-0.05, 0) is 48.7 Å². The van der Waals surface area contributed by atoms with E-state index in [1.807, 2.05) is 18.2 Å². The molecule has 2 heterocycles. The summed E-state index contributed by atoms with van der Waals surface area (Å²) in [4.78, 5) is 13.0. The number of anilines is 1. The first-order valence-corrected chi connectivity index (χ1v) is 8.38. The lowest BCUT2D eigenvalue weighted by Gasteiger charge is -2.19. The Labute approximate surface area is 149 Å². The lowest BCUT2D eigenvalue weighted by Crippen LogP contribution is -2.25. The highest BCUT2D eigenvalue weighted by Gasteiger charge is 2.17. The molecule has 3 nitrogen and oxygen atoms in total. The zero-order valence-electron chi connectivity index (χ0n) is 12.3. The molecule has 2 aromatic rings. The third kappa shape index (κ3) is 4.44. The Morgan fingerprint density at radius 1 is 1.35 bits per heavy atom. The van der Waals surface area contributed by atoms with Gasteiger partial charge < -0.3 is 10.6 Å². The number of benzene rings is 1. The number of fused-ring (bicyclic) bond motifs is 1. The second-order valence-corrected chi connectivity index (χ2v) is 7.05. The van der Waals surface area contributed by atoms with Crippen LogP contribution in [0, 0.1) is 5.82 Å². The third-order valence-corrected chi connectivity index (χ3v) is 5.00. The van der Waals surface area contributed by atoms with Crippen molar-refractivity contribution < 1.29 is 9.18 Å². The van der Waals surface area contributed by atoms with Crippen molar-refractivity contribution in [2.75, 3.05) is 11.9 Å². The monoisotopic (exact) mass is 374 g/mol. The summed E-state index contributed by atoms with van der Waals surface area (Å²) in [6.45, 7) is 1.44. The SMILES string of the molecule is Cl.O=C(CCc1ccc(Cl)s1)Nc1ccc2c(c1F)CCNC2. The first-order valence-electron chi connectivity index (χ1n) is 7.18. The van der Waals surface area contributed by atoms with E-state index in [2.05, 4.69) is 10.6 Å². The molecule has 0 aliphatic carbocycles. The minimum atomic E-state index is -0.300. The molecule has 3 rings (SSSR count). The first-order chi connectivity index (χ1) is 10.6. The van der Waals surface area contributed by atoms with Crippen molar-refractivity contribution in [1.29, 1.82) is 0 Å². The number of carbonyl (C=O) groups is 1. The molecule has 0 spiro atoms. The molecule has 0 bridgehead atoms. The van der Waals surface area contributed by atoms with Crippen LogP contribution in [0.3, 0.4) is 0 Å². The Morgan fingerprint density at radius 3 is 2.91 bits per heavy atom. The van der Waals surface area contributed by atoms with E-state index in [1.54, 1.807) is 6.07 Å². The predicted molar refractivity (Wildman–Crippen MR) is 95.3 cm³/mol. The lowest BCUT2D eigenvalue weighted by molar-refractivity contribution is -0.116. The van der Waals surface area contributed by atoms with Crippen molar-refractivity contribution >= 4 is 46.9 Å². The fourth-order valence-electron chi connectivity index (χ4n) is 2.57. The number of amides is 1. The van der Waals surface area contributed by atoms with Gasteiger partial charge in [0.1, 0.15) is 5.82 Å². The summed E-state index contributed by atoms with van der Waals surface area (Å²) in [5.74, 6) is -0.483. The number of hydrogen-bond acceptors (Lipinski definition) is 3. The maximum atomic E-state index is 14.4. The quantitative estimate of drug-likeness (QED) is 0.842. The largest absolute Gasteiger partial charge is 0.324 e. The number of carbonyl (C=O) groups excluding carboxylic acids is 1. The van der Waals surface area contributed by atoms with Gasteiger partial charge in [0.05, 0.1) is 10.0 Å². The normalized spacial score (nSPS) is 13.1. The summed E-state index contributed by atoms with van der Waals surface area (Å²) in [6.07, 6.45) is 1.58. The Hall–Kier alpha value is -1.14. The van der Waals surface area contributed by atoms with Crippen LogP contribution in [-0.4, -0.2) is 12.5 Å². The van der Waals surface area contributed by atoms with Crippen LogP contribution in [0.15, 0.2) is 24.3 Å². The summed E-state index contributed by atoms with van der Waals surface area (Å²) >= 11 is 7.32. The Bertz CT molecular complexity index is 705. The second-order valence-electron chi connectivity index (χ2n) is 5.25. The number of hydrogen-bond donors (Lipinski definition) is 2. The highest BCUT2D eigenvalue weighted by atomic mass is 35.5. The van der Waals surface area contributed by atoms with Crippen LogP contribution < -0.4 is 10.6 Å². The molecule has 0 saturated heterocycles. The number of thiophene rings is 1. The van der Waals surface area contributed by atoms with Crippen molar-refractivity contribution in [1.82, 2.24) is 5.32 Å². The molecule has 1 amide bonds. The zero-order chi connectivity index (χ0) is 15.5. The van der Waals surface area contributed by atoms with Crippen LogP contribution in [0.5, 0.6) is 0 Å². The molecule has 0 radical (unpaired) electrons. The molecule has 0 atom stereocenters. The molecular formula is C16H17Cl2FN2OS. The lowest BCUT2D eigenvalue weighted by atomic mass is 9.99. The topological polar surface area (TPSA) is 41.1 Å².